The van der Waals surface area contributed by atoms with Crippen LogP contribution < -0.4 is 24.9 Å². The molecule has 3 heterocycles. The van der Waals surface area contributed by atoms with Crippen LogP contribution in [0.5, 0.6) is 5.75 Å². The Kier molecular flexibility index (Phi) is 7.30. The smallest absolute Gasteiger partial charge is 0.271 e. The lowest BCUT2D eigenvalue weighted by atomic mass is 9.95. The first-order valence-corrected chi connectivity index (χ1v) is 14.4. The van der Waals surface area contributed by atoms with E-state index < -0.39 is 6.04 Å². The van der Waals surface area contributed by atoms with Crippen LogP contribution in [-0.2, 0) is 4.79 Å². The maximum Gasteiger partial charge on any atom is 0.271 e. The minimum Gasteiger partial charge on any atom is -0.497 e. The summed E-state index contributed by atoms with van der Waals surface area (Å²) in [5.41, 5.74) is 3.02. The summed E-state index contributed by atoms with van der Waals surface area (Å²) >= 11 is 4.75. The van der Waals surface area contributed by atoms with E-state index in [4.69, 9.17) is 14.1 Å². The molecule has 0 aliphatic carbocycles. The number of nitrogens with zero attached hydrogens (tertiary/aromatic N) is 2. The molecule has 1 aliphatic rings. The normalized spacial score (nSPS) is 14.9. The maximum absolute atomic E-state index is 13.9. The van der Waals surface area contributed by atoms with E-state index in [1.165, 1.54) is 11.3 Å². The third-order valence-corrected chi connectivity index (χ3v) is 8.21. The first-order chi connectivity index (χ1) is 19.9. The third-order valence-electron chi connectivity index (χ3n) is 6.74. The fourth-order valence-electron chi connectivity index (χ4n) is 4.79. The van der Waals surface area contributed by atoms with Crippen molar-refractivity contribution in [2.24, 2.45) is 4.99 Å². The zero-order chi connectivity index (χ0) is 28.5. The molecule has 0 unspecified atom stereocenters. The molecule has 2 aromatic heterocycles. The molecule has 0 radical (unpaired) electrons. The maximum atomic E-state index is 13.9. The van der Waals surface area contributed by atoms with E-state index in [1.54, 1.807) is 24.7 Å². The van der Waals surface area contributed by atoms with Gasteiger partial charge in [-0.15, -0.1) is 0 Å². The summed E-state index contributed by atoms with van der Waals surface area (Å²) < 4.78 is 14.4. The predicted molar refractivity (Wildman–Crippen MR) is 164 cm³/mol. The number of nitrogens with one attached hydrogen (secondary N) is 1. The molecule has 0 saturated carbocycles. The van der Waals surface area contributed by atoms with Crippen molar-refractivity contribution in [3.8, 4) is 17.1 Å². The summed E-state index contributed by atoms with van der Waals surface area (Å²) in [6, 6.07) is 27.4. The Morgan fingerprint density at radius 1 is 1.05 bits per heavy atom. The number of para-hydroxylation sites is 1. The first-order valence-electron chi connectivity index (χ1n) is 12.8. The Balaban J connectivity index is 1.45. The van der Waals surface area contributed by atoms with E-state index in [-0.39, 0.29) is 11.5 Å². The average molecular weight is 627 g/mol. The molecule has 0 saturated heterocycles. The Bertz CT molecular complexity index is 1970. The number of carbonyl (C=O) groups excluding carboxylic acids is 1. The van der Waals surface area contributed by atoms with Gasteiger partial charge in [0.2, 0.25) is 0 Å². The second-order valence-electron chi connectivity index (χ2n) is 9.39. The molecule has 204 valence electrons. The topological polar surface area (TPSA) is 85.8 Å². The van der Waals surface area contributed by atoms with Gasteiger partial charge in [0.15, 0.2) is 4.80 Å². The number of fused-ring (bicyclic) bond motifs is 1. The number of allylic oxidation sites excluding steroid dienone is 1. The van der Waals surface area contributed by atoms with Gasteiger partial charge >= 0.3 is 0 Å². The summed E-state index contributed by atoms with van der Waals surface area (Å²) in [5, 5.41) is 2.96. The van der Waals surface area contributed by atoms with Crippen molar-refractivity contribution in [2.45, 2.75) is 13.0 Å². The van der Waals surface area contributed by atoms with Gasteiger partial charge in [-0.2, -0.15) is 0 Å². The minimum atomic E-state index is -0.683. The molecular weight excluding hydrogens is 602 g/mol. The van der Waals surface area contributed by atoms with Crippen molar-refractivity contribution in [1.29, 1.82) is 0 Å². The van der Waals surface area contributed by atoms with Crippen LogP contribution in [0.2, 0.25) is 0 Å². The van der Waals surface area contributed by atoms with Crippen molar-refractivity contribution in [3.05, 3.63) is 138 Å². The highest BCUT2D eigenvalue weighted by Gasteiger charge is 2.32. The highest BCUT2D eigenvalue weighted by Crippen LogP contribution is 2.32. The number of methoxy groups -OCH3 is 1. The fraction of sp³-hybridized carbons (Fsp3) is 0.0938. The van der Waals surface area contributed by atoms with Gasteiger partial charge in [0.1, 0.15) is 17.3 Å². The fourth-order valence-corrected chi connectivity index (χ4v) is 6.22. The van der Waals surface area contributed by atoms with E-state index in [0.29, 0.717) is 43.6 Å². The van der Waals surface area contributed by atoms with E-state index in [2.05, 4.69) is 21.2 Å². The number of furan rings is 1. The standard InChI is InChI=1S/C32H24BrN3O4S/c1-19-28(30(37)35-23-9-4-3-5-10-23)29(20-11-13-24(39-2)14-12-20)36-31(38)27(41-32(36)34-19)18-25-15-16-26(40-25)21-7-6-8-22(33)17-21/h3-18,29H,1-2H3,(H,35,37)/b27-18+/t29-/m0/s1. The Morgan fingerprint density at radius 3 is 2.56 bits per heavy atom. The number of thiazole rings is 1. The summed E-state index contributed by atoms with van der Waals surface area (Å²) in [5.74, 6) is 1.59. The van der Waals surface area contributed by atoms with Crippen LogP contribution in [0.1, 0.15) is 24.3 Å². The summed E-state index contributed by atoms with van der Waals surface area (Å²) in [4.78, 5) is 32.8. The number of anilines is 1. The molecular formula is C32H24BrN3O4S. The minimum absolute atomic E-state index is 0.257. The van der Waals surface area contributed by atoms with E-state index in [1.807, 2.05) is 91.0 Å². The largest absolute Gasteiger partial charge is 0.497 e. The Morgan fingerprint density at radius 2 is 1.83 bits per heavy atom. The molecule has 9 heteroatoms. The number of halogens is 1. The molecule has 0 spiro atoms. The molecule has 6 rings (SSSR count). The SMILES string of the molecule is COc1ccc([C@H]2C(C(=O)Nc3ccccc3)=C(C)N=c3s/c(=C/c4ccc(-c5cccc(Br)c5)o4)c(=O)n32)cc1. The van der Waals surface area contributed by atoms with Gasteiger partial charge in [-0.1, -0.05) is 69.7 Å². The summed E-state index contributed by atoms with van der Waals surface area (Å²) in [6.45, 7) is 1.80. The molecule has 0 fully saturated rings. The Labute approximate surface area is 247 Å². The van der Waals surface area contributed by atoms with Gasteiger partial charge in [0.05, 0.1) is 29.0 Å². The van der Waals surface area contributed by atoms with Crippen LogP contribution in [0.4, 0.5) is 5.69 Å². The van der Waals surface area contributed by atoms with Crippen LogP contribution >= 0.6 is 27.3 Å². The Hall–Kier alpha value is -4.47. The molecule has 1 N–H and O–H groups in total. The van der Waals surface area contributed by atoms with E-state index in [0.717, 1.165) is 15.6 Å². The number of benzene rings is 3. The monoisotopic (exact) mass is 625 g/mol. The van der Waals surface area contributed by atoms with Gasteiger partial charge in [-0.05, 0) is 61.0 Å². The molecule has 0 bridgehead atoms. The number of amides is 1. The molecule has 5 aromatic rings. The molecule has 1 atom stereocenters. The quantitative estimate of drug-likeness (QED) is 0.254. The van der Waals surface area contributed by atoms with Gasteiger partial charge in [-0.25, -0.2) is 4.99 Å². The number of ether oxygens (including phenoxy) is 1. The highest BCUT2D eigenvalue weighted by atomic mass is 79.9. The number of aromatic nitrogens is 1. The van der Waals surface area contributed by atoms with Gasteiger partial charge in [-0.3, -0.25) is 14.2 Å². The lowest BCUT2D eigenvalue weighted by Crippen LogP contribution is -2.40. The lowest BCUT2D eigenvalue weighted by molar-refractivity contribution is -0.113. The molecule has 1 amide bonds. The molecule has 7 nitrogen and oxygen atoms in total. The number of hydrogen-bond donors (Lipinski definition) is 1. The van der Waals surface area contributed by atoms with E-state index >= 15 is 0 Å². The first kappa shape index (κ1) is 26.7. The third kappa shape index (κ3) is 5.33. The van der Waals surface area contributed by atoms with Crippen molar-refractivity contribution in [2.75, 3.05) is 12.4 Å². The summed E-state index contributed by atoms with van der Waals surface area (Å²) in [7, 11) is 1.59. The second-order valence-corrected chi connectivity index (χ2v) is 11.3. The van der Waals surface area contributed by atoms with Gasteiger partial charge in [0.25, 0.3) is 11.5 Å². The number of rotatable bonds is 6. The van der Waals surface area contributed by atoms with E-state index in [9.17, 15) is 9.59 Å². The van der Waals surface area contributed by atoms with Gasteiger partial charge in [0, 0.05) is 21.8 Å². The van der Waals surface area contributed by atoms with Crippen LogP contribution in [0, 0.1) is 0 Å². The van der Waals surface area contributed by atoms with Crippen LogP contribution in [0.25, 0.3) is 17.4 Å². The van der Waals surface area contributed by atoms with Crippen LogP contribution in [-0.4, -0.2) is 17.6 Å². The van der Waals surface area contributed by atoms with Crippen LogP contribution in [0.3, 0.4) is 0 Å². The zero-order valence-electron chi connectivity index (χ0n) is 22.1. The molecule has 1 aliphatic heterocycles. The van der Waals surface area contributed by atoms with Crippen molar-refractivity contribution >= 4 is 44.9 Å². The van der Waals surface area contributed by atoms with Crippen molar-refractivity contribution < 1.29 is 13.9 Å². The number of hydrogen-bond acceptors (Lipinski definition) is 6. The number of carbonyl (C=O) groups is 1. The van der Waals surface area contributed by atoms with Gasteiger partial charge < -0.3 is 14.5 Å². The highest BCUT2D eigenvalue weighted by molar-refractivity contribution is 9.10. The van der Waals surface area contributed by atoms with Crippen molar-refractivity contribution in [3.63, 3.8) is 0 Å². The van der Waals surface area contributed by atoms with Crippen molar-refractivity contribution in [1.82, 2.24) is 4.57 Å². The second kappa shape index (κ2) is 11.2. The summed E-state index contributed by atoms with van der Waals surface area (Å²) in [6.07, 6.45) is 1.72. The average Bonchev–Trinajstić information content (AvgIpc) is 3.57. The zero-order valence-corrected chi connectivity index (χ0v) is 24.5. The van der Waals surface area contributed by atoms with Crippen LogP contribution in [0.15, 0.2) is 121 Å². The molecule has 41 heavy (non-hydrogen) atoms. The lowest BCUT2D eigenvalue weighted by Gasteiger charge is -2.25. The molecule has 3 aromatic carbocycles. The predicted octanol–water partition coefficient (Wildman–Crippen LogP) is 5.91.